The number of benzene rings is 1. The van der Waals surface area contributed by atoms with E-state index in [1.54, 1.807) is 37.4 Å². The summed E-state index contributed by atoms with van der Waals surface area (Å²) < 4.78 is 41.3. The first kappa shape index (κ1) is 16.1. The smallest absolute Gasteiger partial charge is 0.242 e. The van der Waals surface area contributed by atoms with E-state index in [1.165, 1.54) is 17.4 Å². The first-order chi connectivity index (χ1) is 9.86. The van der Waals surface area contributed by atoms with Crippen LogP contribution in [0.15, 0.2) is 34.5 Å². The summed E-state index contributed by atoms with van der Waals surface area (Å²) in [6, 6.07) is 5.44. The largest absolute Gasteiger partial charge is 0.326 e. The van der Waals surface area contributed by atoms with E-state index in [-0.39, 0.29) is 11.4 Å². The van der Waals surface area contributed by atoms with Gasteiger partial charge in [-0.1, -0.05) is 18.2 Å². The summed E-state index contributed by atoms with van der Waals surface area (Å²) in [6.07, 6.45) is 0. The Morgan fingerprint density at radius 2 is 2.05 bits per heavy atom. The second kappa shape index (κ2) is 6.23. The van der Waals surface area contributed by atoms with E-state index in [9.17, 15) is 12.8 Å². The summed E-state index contributed by atoms with van der Waals surface area (Å²) >= 11 is 1.31. The van der Waals surface area contributed by atoms with Crippen LogP contribution in [0.25, 0.3) is 0 Å². The molecule has 1 atom stereocenters. The number of thiophene rings is 1. The van der Waals surface area contributed by atoms with E-state index in [0.29, 0.717) is 16.0 Å². The van der Waals surface area contributed by atoms with Crippen LogP contribution in [0.2, 0.25) is 0 Å². The van der Waals surface area contributed by atoms with Crippen LogP contribution < -0.4 is 10.5 Å². The number of aryl methyl sites for hydroxylation is 1. The number of hydrogen-bond donors (Lipinski definition) is 2. The molecule has 3 N–H and O–H groups in total. The van der Waals surface area contributed by atoms with E-state index in [2.05, 4.69) is 4.72 Å². The molecule has 0 aliphatic rings. The van der Waals surface area contributed by atoms with Crippen molar-refractivity contribution < 1.29 is 12.8 Å². The van der Waals surface area contributed by atoms with Gasteiger partial charge in [-0.15, -0.1) is 11.3 Å². The minimum atomic E-state index is -3.74. The van der Waals surface area contributed by atoms with E-state index >= 15 is 0 Å². The van der Waals surface area contributed by atoms with Crippen molar-refractivity contribution in [1.82, 2.24) is 4.72 Å². The van der Waals surface area contributed by atoms with Crippen molar-refractivity contribution >= 4 is 21.4 Å². The number of nitrogens with one attached hydrogen (secondary N) is 1. The van der Waals surface area contributed by atoms with Crippen molar-refractivity contribution in [3.63, 3.8) is 0 Å². The van der Waals surface area contributed by atoms with Gasteiger partial charge in [0.2, 0.25) is 10.0 Å². The molecule has 0 saturated carbocycles. The average molecular weight is 328 g/mol. The average Bonchev–Trinajstić information content (AvgIpc) is 2.80. The second-order valence-electron chi connectivity index (χ2n) is 4.74. The molecule has 114 valence electrons. The SMILES string of the molecule is Cc1csc(CN)c1S(=O)(=O)NC(C)c1ccccc1F. The molecule has 0 spiro atoms. The maximum absolute atomic E-state index is 13.7. The van der Waals surface area contributed by atoms with Crippen molar-refractivity contribution in [1.29, 1.82) is 0 Å². The number of halogens is 1. The summed E-state index contributed by atoms with van der Waals surface area (Å²) in [7, 11) is -3.74. The third kappa shape index (κ3) is 3.32. The maximum atomic E-state index is 13.7. The summed E-state index contributed by atoms with van der Waals surface area (Å²) in [5.41, 5.74) is 6.54. The third-order valence-corrected chi connectivity index (χ3v) is 6.17. The van der Waals surface area contributed by atoms with E-state index in [1.807, 2.05) is 0 Å². The van der Waals surface area contributed by atoms with Gasteiger partial charge in [0.15, 0.2) is 0 Å². The monoisotopic (exact) mass is 328 g/mol. The fraction of sp³-hybridized carbons (Fsp3) is 0.286. The highest BCUT2D eigenvalue weighted by atomic mass is 32.2. The van der Waals surface area contributed by atoms with Gasteiger partial charge in [-0.3, -0.25) is 0 Å². The Morgan fingerprint density at radius 1 is 1.38 bits per heavy atom. The third-order valence-electron chi connectivity index (χ3n) is 3.15. The predicted molar refractivity (Wildman–Crippen MR) is 82.1 cm³/mol. The van der Waals surface area contributed by atoms with Crippen LogP contribution in [-0.4, -0.2) is 8.42 Å². The molecule has 0 amide bonds. The van der Waals surface area contributed by atoms with Crippen LogP contribution in [0, 0.1) is 12.7 Å². The number of hydrogen-bond acceptors (Lipinski definition) is 4. The first-order valence-corrected chi connectivity index (χ1v) is 8.77. The van der Waals surface area contributed by atoms with Gasteiger partial charge in [-0.05, 0) is 30.9 Å². The van der Waals surface area contributed by atoms with Gasteiger partial charge in [-0.2, -0.15) is 0 Å². The Kier molecular flexibility index (Phi) is 4.77. The fourth-order valence-corrected chi connectivity index (χ4v) is 5.10. The van der Waals surface area contributed by atoms with Gasteiger partial charge in [0.05, 0.1) is 0 Å². The lowest BCUT2D eigenvalue weighted by Crippen LogP contribution is -2.28. The van der Waals surface area contributed by atoms with Crippen molar-refractivity contribution in [3.8, 4) is 0 Å². The van der Waals surface area contributed by atoms with Crippen molar-refractivity contribution in [2.24, 2.45) is 5.73 Å². The van der Waals surface area contributed by atoms with Crippen molar-refractivity contribution in [3.05, 3.63) is 51.5 Å². The Bertz CT molecular complexity index is 741. The van der Waals surface area contributed by atoms with Gasteiger partial charge in [0, 0.05) is 23.0 Å². The minimum absolute atomic E-state index is 0.156. The molecular weight excluding hydrogens is 311 g/mol. The van der Waals surface area contributed by atoms with E-state index in [0.717, 1.165) is 0 Å². The van der Waals surface area contributed by atoms with Gasteiger partial charge < -0.3 is 5.73 Å². The number of sulfonamides is 1. The lowest BCUT2D eigenvalue weighted by molar-refractivity contribution is 0.549. The van der Waals surface area contributed by atoms with Crippen LogP contribution in [0.1, 0.15) is 29.0 Å². The number of rotatable bonds is 5. The lowest BCUT2D eigenvalue weighted by atomic mass is 10.1. The standard InChI is InChI=1S/C14H17FN2O2S2/c1-9-8-20-13(7-16)14(9)21(18,19)17-10(2)11-5-3-4-6-12(11)15/h3-6,8,10,17H,7,16H2,1-2H3. The normalized spacial score (nSPS) is 13.3. The van der Waals surface area contributed by atoms with Gasteiger partial charge >= 0.3 is 0 Å². The molecule has 0 aliphatic carbocycles. The van der Waals surface area contributed by atoms with Crippen LogP contribution in [0.3, 0.4) is 0 Å². The predicted octanol–water partition coefficient (Wildman–Crippen LogP) is 2.69. The fourth-order valence-electron chi connectivity index (χ4n) is 2.17. The zero-order valence-electron chi connectivity index (χ0n) is 11.8. The molecule has 1 aromatic heterocycles. The Hall–Kier alpha value is -1.28. The molecule has 1 heterocycles. The van der Waals surface area contributed by atoms with Crippen molar-refractivity contribution in [2.75, 3.05) is 0 Å². The lowest BCUT2D eigenvalue weighted by Gasteiger charge is -2.16. The summed E-state index contributed by atoms with van der Waals surface area (Å²) in [5, 5.41) is 1.75. The van der Waals surface area contributed by atoms with Gasteiger partial charge in [0.1, 0.15) is 10.7 Å². The second-order valence-corrected chi connectivity index (χ2v) is 7.35. The highest BCUT2D eigenvalue weighted by Gasteiger charge is 2.25. The summed E-state index contributed by atoms with van der Waals surface area (Å²) in [4.78, 5) is 0.805. The van der Waals surface area contributed by atoms with Gasteiger partial charge in [-0.25, -0.2) is 17.5 Å². The van der Waals surface area contributed by atoms with E-state index in [4.69, 9.17) is 5.73 Å². The quantitative estimate of drug-likeness (QED) is 0.886. The topological polar surface area (TPSA) is 72.2 Å². The van der Waals surface area contributed by atoms with Crippen LogP contribution in [-0.2, 0) is 16.6 Å². The molecule has 7 heteroatoms. The molecular formula is C14H17FN2O2S2. The minimum Gasteiger partial charge on any atom is -0.326 e. The molecule has 0 fully saturated rings. The molecule has 0 bridgehead atoms. The Labute approximate surface area is 127 Å². The maximum Gasteiger partial charge on any atom is 0.242 e. The molecule has 1 unspecified atom stereocenters. The summed E-state index contributed by atoms with van der Waals surface area (Å²) in [5.74, 6) is -0.436. The molecule has 0 aliphatic heterocycles. The first-order valence-electron chi connectivity index (χ1n) is 6.40. The zero-order valence-corrected chi connectivity index (χ0v) is 13.4. The highest BCUT2D eigenvalue weighted by molar-refractivity contribution is 7.89. The van der Waals surface area contributed by atoms with Crippen molar-refractivity contribution in [2.45, 2.75) is 31.3 Å². The number of nitrogens with two attached hydrogens (primary N) is 1. The molecule has 4 nitrogen and oxygen atoms in total. The van der Waals surface area contributed by atoms with E-state index < -0.39 is 21.9 Å². The Balaban J connectivity index is 2.34. The van der Waals surface area contributed by atoms with Gasteiger partial charge in [0.25, 0.3) is 0 Å². The molecule has 2 rings (SSSR count). The Morgan fingerprint density at radius 3 is 2.67 bits per heavy atom. The highest BCUT2D eigenvalue weighted by Crippen LogP contribution is 2.28. The molecule has 1 aromatic carbocycles. The molecule has 21 heavy (non-hydrogen) atoms. The van der Waals surface area contributed by atoms with Crippen LogP contribution >= 0.6 is 11.3 Å². The van der Waals surface area contributed by atoms with Crippen LogP contribution in [0.4, 0.5) is 4.39 Å². The summed E-state index contributed by atoms with van der Waals surface area (Å²) in [6.45, 7) is 3.49. The molecule has 2 aromatic rings. The zero-order chi connectivity index (χ0) is 15.6. The molecule has 0 radical (unpaired) electrons. The molecule has 0 saturated heterocycles. The van der Waals surface area contributed by atoms with Crippen LogP contribution in [0.5, 0.6) is 0 Å².